The van der Waals surface area contributed by atoms with Gasteiger partial charge in [-0.1, -0.05) is 76.6 Å². The number of carboxylic acids is 1. The van der Waals surface area contributed by atoms with Gasteiger partial charge in [-0.25, -0.2) is 0 Å². The number of methoxy groups -OCH3 is 2. The minimum atomic E-state index is -0.729. The zero-order valence-corrected chi connectivity index (χ0v) is 25.3. The van der Waals surface area contributed by atoms with Gasteiger partial charge in [-0.3, -0.25) is 9.59 Å². The van der Waals surface area contributed by atoms with E-state index in [1.807, 2.05) is 39.0 Å². The molecule has 6 heteroatoms. The molecule has 0 saturated heterocycles. The van der Waals surface area contributed by atoms with Gasteiger partial charge < -0.3 is 19.9 Å². The van der Waals surface area contributed by atoms with Crippen LogP contribution in [-0.4, -0.2) is 31.2 Å². The first-order valence-corrected chi connectivity index (χ1v) is 14.2. The molecule has 1 unspecified atom stereocenters. The summed E-state index contributed by atoms with van der Waals surface area (Å²) in [6.07, 6.45) is 12.6. The van der Waals surface area contributed by atoms with Crippen LogP contribution in [0.4, 0.5) is 0 Å². The number of benzene rings is 2. The van der Waals surface area contributed by atoms with Crippen molar-refractivity contribution in [1.82, 2.24) is 5.32 Å². The molecule has 0 heterocycles. The third-order valence-electron chi connectivity index (χ3n) is 6.35. The summed E-state index contributed by atoms with van der Waals surface area (Å²) in [5.41, 5.74) is 4.86. The van der Waals surface area contributed by atoms with E-state index < -0.39 is 5.97 Å². The van der Waals surface area contributed by atoms with E-state index in [9.17, 15) is 9.59 Å². The number of rotatable bonds is 15. The molecule has 40 heavy (non-hydrogen) atoms. The number of nitrogens with one attached hydrogen (secondary N) is 1. The molecule has 0 bridgehead atoms. The van der Waals surface area contributed by atoms with Crippen LogP contribution in [0.5, 0.6) is 11.5 Å². The molecular formula is C34H47NO5. The van der Waals surface area contributed by atoms with Gasteiger partial charge in [0.15, 0.2) is 0 Å². The summed E-state index contributed by atoms with van der Waals surface area (Å²) in [5.74, 6) is 0.518. The Morgan fingerprint density at radius 3 is 2.12 bits per heavy atom. The third kappa shape index (κ3) is 11.9. The maximum atomic E-state index is 12.8. The molecule has 2 aromatic carbocycles. The van der Waals surface area contributed by atoms with Crippen LogP contribution in [-0.2, 0) is 11.2 Å². The maximum absolute atomic E-state index is 12.8. The molecule has 0 saturated carbocycles. The number of hydrogen-bond acceptors (Lipinski definition) is 4. The normalized spacial score (nSPS) is 12.4. The fraction of sp³-hybridized carbons (Fsp3) is 0.412. The Balaban J connectivity index is 0.00000391. The van der Waals surface area contributed by atoms with Crippen molar-refractivity contribution in [3.63, 3.8) is 0 Å². The van der Waals surface area contributed by atoms with E-state index in [4.69, 9.17) is 14.6 Å². The van der Waals surface area contributed by atoms with Crippen LogP contribution in [0, 0.1) is 5.92 Å². The van der Waals surface area contributed by atoms with Gasteiger partial charge in [0.1, 0.15) is 11.5 Å². The molecule has 2 aromatic rings. The Kier molecular flexibility index (Phi) is 16.5. The number of aliphatic carboxylic acids is 1. The fourth-order valence-corrected chi connectivity index (χ4v) is 4.21. The first-order valence-electron chi connectivity index (χ1n) is 14.2. The summed E-state index contributed by atoms with van der Waals surface area (Å²) >= 11 is 0. The van der Waals surface area contributed by atoms with Gasteiger partial charge in [-0.2, -0.15) is 0 Å². The molecule has 0 spiro atoms. The summed E-state index contributed by atoms with van der Waals surface area (Å²) in [4.78, 5) is 23.5. The predicted molar refractivity (Wildman–Crippen MR) is 165 cm³/mol. The smallest absolute Gasteiger partial charge is 0.303 e. The highest BCUT2D eigenvalue weighted by Gasteiger charge is 2.12. The molecule has 0 aromatic heterocycles. The zero-order valence-electron chi connectivity index (χ0n) is 25.3. The van der Waals surface area contributed by atoms with E-state index in [-0.39, 0.29) is 12.3 Å². The van der Waals surface area contributed by atoms with Gasteiger partial charge in [-0.15, -0.1) is 0 Å². The molecule has 1 amide bonds. The van der Waals surface area contributed by atoms with Gasteiger partial charge >= 0.3 is 5.97 Å². The van der Waals surface area contributed by atoms with Gasteiger partial charge in [0.2, 0.25) is 0 Å². The van der Waals surface area contributed by atoms with E-state index >= 15 is 0 Å². The van der Waals surface area contributed by atoms with Crippen molar-refractivity contribution in [2.24, 2.45) is 5.92 Å². The number of amides is 1. The summed E-state index contributed by atoms with van der Waals surface area (Å²) in [5, 5.41) is 11.8. The van der Waals surface area contributed by atoms with Gasteiger partial charge in [-0.05, 0) is 73.4 Å². The number of allylic oxidation sites excluding steroid dienone is 5. The van der Waals surface area contributed by atoms with Crippen molar-refractivity contribution >= 4 is 17.4 Å². The number of ether oxygens (including phenoxy) is 2. The van der Waals surface area contributed by atoms with Crippen molar-refractivity contribution in [3.8, 4) is 11.5 Å². The topological polar surface area (TPSA) is 84.9 Å². The lowest BCUT2D eigenvalue weighted by Gasteiger charge is -2.17. The monoisotopic (exact) mass is 549 g/mol. The molecule has 6 nitrogen and oxygen atoms in total. The first-order chi connectivity index (χ1) is 19.3. The largest absolute Gasteiger partial charge is 0.497 e. The van der Waals surface area contributed by atoms with E-state index in [0.29, 0.717) is 35.1 Å². The SMILES string of the molecule is C/C=C(\C=C/Cc1ccc(/C(=C\CC)C(C)CCCCC(=O)O)cc1)NC(=O)c1cc(OC)cc(OC)c1.CC. The molecule has 218 valence electrons. The second-order valence-electron chi connectivity index (χ2n) is 9.21. The quantitative estimate of drug-likeness (QED) is 0.173. The Morgan fingerprint density at radius 2 is 1.60 bits per heavy atom. The lowest BCUT2D eigenvalue weighted by molar-refractivity contribution is -0.137. The highest BCUT2D eigenvalue weighted by atomic mass is 16.5. The highest BCUT2D eigenvalue weighted by molar-refractivity contribution is 5.96. The average molecular weight is 550 g/mol. The number of carbonyl (C=O) groups is 2. The van der Waals surface area contributed by atoms with Crippen LogP contribution in [0.15, 0.2) is 72.5 Å². The minimum Gasteiger partial charge on any atom is -0.497 e. The maximum Gasteiger partial charge on any atom is 0.303 e. The van der Waals surface area contributed by atoms with E-state index in [2.05, 4.69) is 49.5 Å². The lowest BCUT2D eigenvalue weighted by Crippen LogP contribution is -2.21. The lowest BCUT2D eigenvalue weighted by atomic mass is 9.88. The van der Waals surface area contributed by atoms with Crippen LogP contribution in [0.3, 0.4) is 0 Å². The molecule has 0 aliphatic rings. The van der Waals surface area contributed by atoms with E-state index in [1.165, 1.54) is 16.7 Å². The molecule has 0 radical (unpaired) electrons. The van der Waals surface area contributed by atoms with Crippen molar-refractivity contribution in [3.05, 3.63) is 89.2 Å². The third-order valence-corrected chi connectivity index (χ3v) is 6.35. The van der Waals surface area contributed by atoms with E-state index in [1.54, 1.807) is 32.4 Å². The van der Waals surface area contributed by atoms with Gasteiger partial charge in [0.25, 0.3) is 5.91 Å². The Morgan fingerprint density at radius 1 is 0.975 bits per heavy atom. The second kappa shape index (κ2) is 19.3. The Bertz CT molecular complexity index is 1120. The van der Waals surface area contributed by atoms with Crippen LogP contribution in [0.1, 0.15) is 88.2 Å². The van der Waals surface area contributed by atoms with Crippen LogP contribution < -0.4 is 14.8 Å². The number of carbonyl (C=O) groups excluding carboxylic acids is 1. The highest BCUT2D eigenvalue weighted by Crippen LogP contribution is 2.28. The standard InChI is InChI=1S/C32H41NO5.C2H6/c1-6-11-30(23(3)12-8-9-15-31(34)35)25-18-16-24(17-19-25)13-10-14-27(7-2)33-32(36)26-20-28(37-4)22-29(21-26)38-5;1-2/h7,10-11,14,16-23H,6,8-9,12-13,15H2,1-5H3,(H,33,36)(H,34,35);1-2H3/b14-10-,27-7+,30-11-;. The van der Waals surface area contributed by atoms with E-state index in [0.717, 1.165) is 25.7 Å². The van der Waals surface area contributed by atoms with Crippen molar-refractivity contribution in [1.29, 1.82) is 0 Å². The Hall–Kier alpha value is -3.80. The number of unbranched alkanes of at least 4 members (excludes halogenated alkanes) is 1. The summed E-state index contributed by atoms with van der Waals surface area (Å²) in [6, 6.07) is 13.7. The Labute approximate surface area is 240 Å². The first kappa shape index (κ1) is 34.2. The molecule has 0 aliphatic carbocycles. The fourth-order valence-electron chi connectivity index (χ4n) is 4.21. The van der Waals surface area contributed by atoms with Crippen molar-refractivity contribution in [2.75, 3.05) is 14.2 Å². The molecule has 0 aliphatic heterocycles. The molecular weight excluding hydrogens is 502 g/mol. The predicted octanol–water partition coefficient (Wildman–Crippen LogP) is 8.24. The second-order valence-corrected chi connectivity index (χ2v) is 9.21. The molecule has 2 N–H and O–H groups in total. The van der Waals surface area contributed by atoms with Crippen LogP contribution in [0.25, 0.3) is 5.57 Å². The summed E-state index contributed by atoms with van der Waals surface area (Å²) in [7, 11) is 3.10. The van der Waals surface area contributed by atoms with Gasteiger partial charge in [0, 0.05) is 23.7 Å². The van der Waals surface area contributed by atoms with Crippen LogP contribution >= 0.6 is 0 Å². The number of hydrogen-bond donors (Lipinski definition) is 2. The average Bonchev–Trinajstić information content (AvgIpc) is 2.98. The van der Waals surface area contributed by atoms with Gasteiger partial charge in [0.05, 0.1) is 14.2 Å². The molecule has 2 rings (SSSR count). The molecule has 1 atom stereocenters. The zero-order chi connectivity index (χ0) is 29.9. The minimum absolute atomic E-state index is 0.232. The molecule has 0 fully saturated rings. The van der Waals surface area contributed by atoms with Crippen molar-refractivity contribution < 1.29 is 24.2 Å². The summed E-state index contributed by atoms with van der Waals surface area (Å²) in [6.45, 7) is 10.2. The summed E-state index contributed by atoms with van der Waals surface area (Å²) < 4.78 is 10.5. The van der Waals surface area contributed by atoms with Crippen LogP contribution in [0.2, 0.25) is 0 Å². The number of carboxylic acid groups (broad SMARTS) is 1. The van der Waals surface area contributed by atoms with Crippen molar-refractivity contribution in [2.45, 2.75) is 73.1 Å².